The highest BCUT2D eigenvalue weighted by Crippen LogP contribution is 2.27. The van der Waals surface area contributed by atoms with Crippen molar-refractivity contribution in [3.63, 3.8) is 0 Å². The summed E-state index contributed by atoms with van der Waals surface area (Å²) in [6.45, 7) is 3.22. The number of benzene rings is 1. The minimum Gasteiger partial charge on any atom is -0.257 e. The Morgan fingerprint density at radius 2 is 2.14 bits per heavy atom. The van der Waals surface area contributed by atoms with Gasteiger partial charge in [-0.05, 0) is 53.2 Å². The van der Waals surface area contributed by atoms with Gasteiger partial charge < -0.3 is 0 Å². The summed E-state index contributed by atoms with van der Waals surface area (Å²) in [5.74, 6) is -1.24. The average Bonchev–Trinajstić information content (AvgIpc) is 3.08. The third-order valence-electron chi connectivity index (χ3n) is 3.73. The van der Waals surface area contributed by atoms with E-state index in [4.69, 9.17) is 12.3 Å². The smallest absolute Gasteiger partial charge is 0.0840 e. The lowest BCUT2D eigenvalue weighted by Gasteiger charge is -2.10. The van der Waals surface area contributed by atoms with Crippen molar-refractivity contribution in [3.8, 4) is 0 Å². The molecule has 0 N–H and O–H groups in total. The predicted molar refractivity (Wildman–Crippen MR) is 95.6 cm³/mol. The number of rotatable bonds is 2. The van der Waals surface area contributed by atoms with E-state index in [-0.39, 0.29) is 47.5 Å². The molecule has 2 aromatic heterocycles. The molecule has 3 aromatic rings. The van der Waals surface area contributed by atoms with Crippen LogP contribution in [-0.4, -0.2) is 4.98 Å². The molecule has 0 radical (unpaired) electrons. The molecule has 0 fully saturated rings. The van der Waals surface area contributed by atoms with Crippen molar-refractivity contribution in [2.45, 2.75) is 32.6 Å². The molecule has 0 saturated carbocycles. The number of thiophene rings is 1. The monoisotopic (exact) mass is 314 g/mol. The average molecular weight is 315 g/mol. The van der Waals surface area contributed by atoms with E-state index in [2.05, 4.69) is 4.98 Å². The number of hydrogen-bond acceptors (Lipinski definition) is 2. The van der Waals surface area contributed by atoms with Crippen molar-refractivity contribution in [2.24, 2.45) is 0 Å². The first-order valence-electron chi connectivity index (χ1n) is 11.6. The van der Waals surface area contributed by atoms with Gasteiger partial charge in [0.1, 0.15) is 0 Å². The number of aromatic nitrogens is 1. The minimum atomic E-state index is -1.24. The summed E-state index contributed by atoms with van der Waals surface area (Å²) in [5.41, 5.74) is 0.960. The summed E-state index contributed by atoms with van der Waals surface area (Å²) < 4.78 is 75.1. The first-order chi connectivity index (χ1) is 14.4. The number of pyridine rings is 1. The van der Waals surface area contributed by atoms with Crippen LogP contribution in [0.25, 0.3) is 21.7 Å². The van der Waals surface area contributed by atoms with Gasteiger partial charge in [-0.25, -0.2) is 0 Å². The summed E-state index contributed by atoms with van der Waals surface area (Å²) in [7, 11) is 0. The second-order valence-corrected chi connectivity index (χ2v) is 6.38. The van der Waals surface area contributed by atoms with Crippen LogP contribution in [0.4, 0.5) is 0 Å². The molecule has 4 rings (SSSR count). The second-order valence-electron chi connectivity index (χ2n) is 5.36. The third kappa shape index (κ3) is 2.10. The molecule has 2 heterocycles. The zero-order valence-corrected chi connectivity index (χ0v) is 13.1. The molecule has 0 bridgehead atoms. The summed E-state index contributed by atoms with van der Waals surface area (Å²) in [4.78, 5) is 4.09. The highest BCUT2D eigenvalue weighted by molar-refractivity contribution is 7.17. The van der Waals surface area contributed by atoms with Gasteiger partial charge in [0.25, 0.3) is 0 Å². The van der Waals surface area contributed by atoms with Gasteiger partial charge in [0.05, 0.1) is 16.7 Å². The number of fused-ring (bicyclic) bond motifs is 3. The molecule has 2 heteroatoms. The third-order valence-corrected chi connectivity index (χ3v) is 4.89. The van der Waals surface area contributed by atoms with Gasteiger partial charge in [0, 0.05) is 22.2 Å². The van der Waals surface area contributed by atoms with E-state index in [1.807, 2.05) is 0 Å². The van der Waals surface area contributed by atoms with E-state index in [1.54, 1.807) is 13.8 Å². The molecule has 0 aliphatic heterocycles. The fraction of sp³-hybridized carbons (Fsp3) is 0.250. The Morgan fingerprint density at radius 1 is 1.23 bits per heavy atom. The van der Waals surface area contributed by atoms with Crippen LogP contribution < -0.4 is 9.75 Å². The Hall–Kier alpha value is -1.93. The SMILES string of the molecule is [2H]C1=c2c(sc3c([2H])c([2H])c([2H])c(C([2H])(C)C)c23)=C(c2nc([2H])c([2H])c([2H])c2[2H])CC1. The molecule has 1 aromatic carbocycles. The van der Waals surface area contributed by atoms with Crippen LogP contribution in [-0.2, 0) is 0 Å². The predicted octanol–water partition coefficient (Wildman–Crippen LogP) is 4.19. The van der Waals surface area contributed by atoms with E-state index in [1.165, 1.54) is 11.3 Å². The topological polar surface area (TPSA) is 12.9 Å². The number of nitrogens with zero attached hydrogens (tertiary/aromatic N) is 1. The van der Waals surface area contributed by atoms with E-state index in [9.17, 15) is 0 Å². The summed E-state index contributed by atoms with van der Waals surface area (Å²) in [6.07, 6.45) is 0.255. The van der Waals surface area contributed by atoms with Gasteiger partial charge in [-0.15, -0.1) is 11.3 Å². The Balaban J connectivity index is 2.30. The molecule has 0 amide bonds. The van der Waals surface area contributed by atoms with Gasteiger partial charge in [-0.1, -0.05) is 38.0 Å². The molecule has 1 nitrogen and oxygen atoms in total. The zero-order valence-electron chi connectivity index (χ0n) is 21.3. The molecule has 110 valence electrons. The maximum Gasteiger partial charge on any atom is 0.0840 e. The van der Waals surface area contributed by atoms with Gasteiger partial charge in [0.2, 0.25) is 0 Å². The highest BCUT2D eigenvalue weighted by atomic mass is 32.1. The van der Waals surface area contributed by atoms with Crippen molar-refractivity contribution in [3.05, 3.63) is 63.4 Å². The molecular formula is C20H19NS. The normalized spacial score (nSPS) is 20.9. The van der Waals surface area contributed by atoms with Gasteiger partial charge >= 0.3 is 0 Å². The zero-order chi connectivity index (χ0) is 23.0. The summed E-state index contributed by atoms with van der Waals surface area (Å²) in [5, 5.41) is 0.932. The van der Waals surface area contributed by atoms with Crippen LogP contribution >= 0.6 is 11.3 Å². The van der Waals surface area contributed by atoms with Crippen LogP contribution in [0.2, 0.25) is 0 Å². The van der Waals surface area contributed by atoms with Crippen molar-refractivity contribution in [1.82, 2.24) is 4.98 Å². The summed E-state index contributed by atoms with van der Waals surface area (Å²) in [6, 6.07) is -1.38. The molecule has 22 heavy (non-hydrogen) atoms. The fourth-order valence-electron chi connectivity index (χ4n) is 2.75. The minimum absolute atomic E-state index is 0.113. The van der Waals surface area contributed by atoms with Crippen LogP contribution in [0.1, 0.15) is 56.2 Å². The molecule has 0 atom stereocenters. The van der Waals surface area contributed by atoms with Crippen molar-refractivity contribution >= 4 is 33.0 Å². The van der Waals surface area contributed by atoms with E-state index < -0.39 is 18.1 Å². The van der Waals surface area contributed by atoms with E-state index in [0.717, 1.165) is 0 Å². The van der Waals surface area contributed by atoms with Gasteiger partial charge in [-0.3, -0.25) is 4.98 Å². The van der Waals surface area contributed by atoms with Crippen LogP contribution in [0.5, 0.6) is 0 Å². The molecular weight excluding hydrogens is 286 g/mol. The Morgan fingerprint density at radius 3 is 3.00 bits per heavy atom. The van der Waals surface area contributed by atoms with Crippen LogP contribution in [0.15, 0.2) is 42.4 Å². The number of hydrogen-bond donors (Lipinski definition) is 0. The maximum atomic E-state index is 8.58. The van der Waals surface area contributed by atoms with Crippen LogP contribution in [0, 0.1) is 0 Å². The quantitative estimate of drug-likeness (QED) is 0.691. The van der Waals surface area contributed by atoms with Gasteiger partial charge in [-0.2, -0.15) is 0 Å². The maximum absolute atomic E-state index is 8.58. The molecule has 0 saturated heterocycles. The van der Waals surface area contributed by atoms with Crippen LogP contribution in [0.3, 0.4) is 0 Å². The Labute approximate surface area is 147 Å². The van der Waals surface area contributed by atoms with E-state index >= 15 is 0 Å². The van der Waals surface area contributed by atoms with Gasteiger partial charge in [0.15, 0.2) is 0 Å². The van der Waals surface area contributed by atoms with Crippen molar-refractivity contribution in [1.29, 1.82) is 0 Å². The highest BCUT2D eigenvalue weighted by Gasteiger charge is 2.15. The Bertz CT molecular complexity index is 1400. The summed E-state index contributed by atoms with van der Waals surface area (Å²) >= 11 is 1.17. The largest absolute Gasteiger partial charge is 0.257 e. The lowest BCUT2D eigenvalue weighted by molar-refractivity contribution is 0.876. The molecule has 0 spiro atoms. The first-order valence-corrected chi connectivity index (χ1v) is 7.88. The molecule has 0 unspecified atom stereocenters. The van der Waals surface area contributed by atoms with E-state index in [0.29, 0.717) is 38.3 Å². The second kappa shape index (κ2) is 5.36. The van der Waals surface area contributed by atoms with Crippen molar-refractivity contribution < 1.29 is 12.3 Å². The lowest BCUT2D eigenvalue weighted by Crippen LogP contribution is -2.26. The Kier molecular flexibility index (Phi) is 1.73. The fourth-order valence-corrected chi connectivity index (χ4v) is 3.96. The molecule has 1 aliphatic rings. The van der Waals surface area contributed by atoms with Crippen molar-refractivity contribution in [2.75, 3.05) is 0 Å². The standard InChI is InChI=1S/C20H19NS/c1-13(2)14-7-6-11-18-19(14)16-9-5-8-15(20(16)22-18)17-10-3-4-12-21-17/h3-4,6-7,9-13H,5,8H2,1-2H3/i3D,4D,6D,7D,9D,10D,11D,12D,13D. The molecule has 1 aliphatic carbocycles. The lowest BCUT2D eigenvalue weighted by atomic mass is 9.95. The first kappa shape index (κ1) is 7.10.